The molecular formula is C13H6F4O2. The third kappa shape index (κ3) is 2.57. The van der Waals surface area contributed by atoms with Crippen LogP contribution >= 0.6 is 0 Å². The average Bonchev–Trinajstić information content (AvgIpc) is 2.37. The topological polar surface area (TPSA) is 26.3 Å². The molecule has 2 nitrogen and oxygen atoms in total. The van der Waals surface area contributed by atoms with Crippen molar-refractivity contribution in [3.8, 4) is 5.75 Å². The molecule has 0 aliphatic rings. The number of hydrogen-bond acceptors (Lipinski definition) is 2. The largest absolute Gasteiger partial charge is 0.423 e. The van der Waals surface area contributed by atoms with Crippen LogP contribution in [0, 0.1) is 23.3 Å². The molecule has 2 rings (SSSR count). The first-order chi connectivity index (χ1) is 9.00. The lowest BCUT2D eigenvalue weighted by Gasteiger charge is -2.07. The van der Waals surface area contributed by atoms with Crippen LogP contribution in [0.15, 0.2) is 36.4 Å². The summed E-state index contributed by atoms with van der Waals surface area (Å²) in [6.07, 6.45) is 0. The van der Waals surface area contributed by atoms with Gasteiger partial charge in [-0.05, 0) is 12.1 Å². The summed E-state index contributed by atoms with van der Waals surface area (Å²) >= 11 is 0. The second-order valence-electron chi connectivity index (χ2n) is 3.55. The zero-order valence-corrected chi connectivity index (χ0v) is 9.29. The van der Waals surface area contributed by atoms with E-state index in [2.05, 4.69) is 4.74 Å². The summed E-state index contributed by atoms with van der Waals surface area (Å²) in [7, 11) is 0. The Balaban J connectivity index is 2.37. The number of esters is 1. The molecule has 2 aromatic rings. The summed E-state index contributed by atoms with van der Waals surface area (Å²) in [5.74, 6) is -8.51. The molecule has 19 heavy (non-hydrogen) atoms. The van der Waals surface area contributed by atoms with E-state index in [4.69, 9.17) is 0 Å². The highest BCUT2D eigenvalue weighted by atomic mass is 19.2. The number of rotatable bonds is 2. The molecule has 0 saturated carbocycles. The minimum atomic E-state index is -1.93. The molecule has 0 bridgehead atoms. The molecule has 0 atom stereocenters. The fourth-order valence-electron chi connectivity index (χ4n) is 1.40. The van der Waals surface area contributed by atoms with Crippen molar-refractivity contribution in [2.45, 2.75) is 0 Å². The summed E-state index contributed by atoms with van der Waals surface area (Å²) in [5.41, 5.74) is -1.28. The van der Waals surface area contributed by atoms with Gasteiger partial charge in [0, 0.05) is 6.07 Å². The fourth-order valence-corrected chi connectivity index (χ4v) is 1.40. The van der Waals surface area contributed by atoms with Gasteiger partial charge < -0.3 is 4.74 Å². The summed E-state index contributed by atoms with van der Waals surface area (Å²) in [4.78, 5) is 11.5. The highest BCUT2D eigenvalue weighted by molar-refractivity contribution is 5.91. The van der Waals surface area contributed by atoms with E-state index < -0.39 is 34.8 Å². The molecule has 0 fully saturated rings. The Bertz CT molecular complexity index is 626. The number of hydrogen-bond donors (Lipinski definition) is 0. The van der Waals surface area contributed by atoms with Crippen molar-refractivity contribution in [3.05, 3.63) is 65.2 Å². The SMILES string of the molecule is O=C(Oc1ccccc1)c1c(F)cc(F)c(F)c1F. The van der Waals surface area contributed by atoms with Gasteiger partial charge in [0.05, 0.1) is 0 Å². The van der Waals surface area contributed by atoms with Gasteiger partial charge in [0.2, 0.25) is 0 Å². The molecule has 6 heteroatoms. The lowest BCUT2D eigenvalue weighted by atomic mass is 10.2. The zero-order valence-electron chi connectivity index (χ0n) is 9.29. The highest BCUT2D eigenvalue weighted by Crippen LogP contribution is 2.21. The first-order valence-corrected chi connectivity index (χ1v) is 5.11. The number of ether oxygens (including phenoxy) is 1. The maximum atomic E-state index is 13.3. The Hall–Kier alpha value is -2.37. The molecule has 0 N–H and O–H groups in total. The Morgan fingerprint density at radius 3 is 2.16 bits per heavy atom. The average molecular weight is 270 g/mol. The Morgan fingerprint density at radius 2 is 1.53 bits per heavy atom. The third-order valence-electron chi connectivity index (χ3n) is 2.27. The second-order valence-corrected chi connectivity index (χ2v) is 3.55. The fraction of sp³-hybridized carbons (Fsp3) is 0. The van der Waals surface area contributed by atoms with Crippen LogP contribution in [0.5, 0.6) is 5.75 Å². The zero-order chi connectivity index (χ0) is 14.0. The number of benzene rings is 2. The van der Waals surface area contributed by atoms with Gasteiger partial charge in [0.15, 0.2) is 17.5 Å². The van der Waals surface area contributed by atoms with Gasteiger partial charge in [-0.1, -0.05) is 18.2 Å². The molecule has 0 heterocycles. The molecule has 0 aromatic heterocycles. The van der Waals surface area contributed by atoms with E-state index in [9.17, 15) is 22.4 Å². The lowest BCUT2D eigenvalue weighted by molar-refractivity contribution is 0.0723. The van der Waals surface area contributed by atoms with Crippen molar-refractivity contribution in [2.75, 3.05) is 0 Å². The van der Waals surface area contributed by atoms with Gasteiger partial charge in [-0.3, -0.25) is 0 Å². The minimum absolute atomic E-state index is 0.0241. The predicted octanol–water partition coefficient (Wildman–Crippen LogP) is 3.46. The van der Waals surface area contributed by atoms with E-state index in [-0.39, 0.29) is 11.8 Å². The standard InChI is InChI=1S/C13H6F4O2/c14-8-6-9(15)11(16)12(17)10(8)13(18)19-7-4-2-1-3-5-7/h1-6H. The van der Waals surface area contributed by atoms with E-state index in [1.54, 1.807) is 6.07 Å². The molecular weight excluding hydrogens is 264 g/mol. The minimum Gasteiger partial charge on any atom is -0.423 e. The van der Waals surface area contributed by atoms with Crippen LogP contribution in [0.3, 0.4) is 0 Å². The third-order valence-corrected chi connectivity index (χ3v) is 2.27. The molecule has 2 aromatic carbocycles. The van der Waals surface area contributed by atoms with Crippen LogP contribution in [0.4, 0.5) is 17.6 Å². The maximum Gasteiger partial charge on any atom is 0.349 e. The van der Waals surface area contributed by atoms with E-state index >= 15 is 0 Å². The number of halogens is 4. The molecule has 0 spiro atoms. The van der Waals surface area contributed by atoms with Crippen LogP contribution in [0.2, 0.25) is 0 Å². The quantitative estimate of drug-likeness (QED) is 0.274. The van der Waals surface area contributed by atoms with Crippen LogP contribution in [-0.2, 0) is 0 Å². The first-order valence-electron chi connectivity index (χ1n) is 5.11. The molecule has 98 valence electrons. The number of carbonyl (C=O) groups excluding carboxylic acids is 1. The van der Waals surface area contributed by atoms with Crippen LogP contribution in [0.25, 0.3) is 0 Å². The van der Waals surface area contributed by atoms with Gasteiger partial charge in [-0.15, -0.1) is 0 Å². The first kappa shape index (κ1) is 13.1. The van der Waals surface area contributed by atoms with Gasteiger partial charge in [0.25, 0.3) is 0 Å². The van der Waals surface area contributed by atoms with Crippen LogP contribution in [0.1, 0.15) is 10.4 Å². The van der Waals surface area contributed by atoms with Crippen LogP contribution in [-0.4, -0.2) is 5.97 Å². The molecule has 0 unspecified atom stereocenters. The smallest absolute Gasteiger partial charge is 0.349 e. The Labute approximate surface area is 105 Å². The van der Waals surface area contributed by atoms with Crippen LogP contribution < -0.4 is 4.74 Å². The normalized spacial score (nSPS) is 10.3. The van der Waals surface area contributed by atoms with E-state index in [1.165, 1.54) is 24.3 Å². The lowest BCUT2D eigenvalue weighted by Crippen LogP contribution is -2.15. The van der Waals surface area contributed by atoms with Gasteiger partial charge in [-0.2, -0.15) is 0 Å². The van der Waals surface area contributed by atoms with Crippen molar-refractivity contribution in [2.24, 2.45) is 0 Å². The number of para-hydroxylation sites is 1. The van der Waals surface area contributed by atoms with Crippen molar-refractivity contribution < 1.29 is 27.1 Å². The summed E-state index contributed by atoms with van der Waals surface area (Å²) < 4.78 is 56.9. The molecule has 0 radical (unpaired) electrons. The van der Waals surface area contributed by atoms with Crippen molar-refractivity contribution in [1.29, 1.82) is 0 Å². The monoisotopic (exact) mass is 270 g/mol. The van der Waals surface area contributed by atoms with Gasteiger partial charge >= 0.3 is 5.97 Å². The Morgan fingerprint density at radius 1 is 0.895 bits per heavy atom. The van der Waals surface area contributed by atoms with Gasteiger partial charge in [-0.25, -0.2) is 22.4 Å². The Kier molecular flexibility index (Phi) is 3.50. The summed E-state index contributed by atoms with van der Waals surface area (Å²) in [6.45, 7) is 0. The van der Waals surface area contributed by atoms with Gasteiger partial charge in [0.1, 0.15) is 17.1 Å². The predicted molar refractivity (Wildman–Crippen MR) is 57.7 cm³/mol. The van der Waals surface area contributed by atoms with Crippen molar-refractivity contribution in [1.82, 2.24) is 0 Å². The molecule has 0 amide bonds. The summed E-state index contributed by atoms with van der Waals surface area (Å²) in [5, 5.41) is 0. The van der Waals surface area contributed by atoms with E-state index in [0.29, 0.717) is 0 Å². The van der Waals surface area contributed by atoms with Crippen molar-refractivity contribution >= 4 is 5.97 Å². The highest BCUT2D eigenvalue weighted by Gasteiger charge is 2.25. The second kappa shape index (κ2) is 5.09. The number of carbonyl (C=O) groups is 1. The van der Waals surface area contributed by atoms with E-state index in [1.807, 2.05) is 0 Å². The van der Waals surface area contributed by atoms with E-state index in [0.717, 1.165) is 0 Å². The maximum absolute atomic E-state index is 13.3. The molecule has 0 saturated heterocycles. The molecule has 0 aliphatic heterocycles. The summed E-state index contributed by atoms with van der Waals surface area (Å²) in [6, 6.07) is 7.51. The molecule has 0 aliphatic carbocycles. The van der Waals surface area contributed by atoms with Crippen molar-refractivity contribution in [3.63, 3.8) is 0 Å².